The second kappa shape index (κ2) is 4.39. The summed E-state index contributed by atoms with van der Waals surface area (Å²) in [6.45, 7) is 2.24. The molecule has 1 fully saturated rings. The molecule has 1 aliphatic carbocycles. The number of hydrogen-bond acceptors (Lipinski definition) is 4. The Labute approximate surface area is 95.1 Å². The monoisotopic (exact) mass is 223 g/mol. The molecule has 1 N–H and O–H groups in total. The lowest BCUT2D eigenvalue weighted by Gasteiger charge is -2.42. The highest BCUT2D eigenvalue weighted by Crippen LogP contribution is 2.37. The van der Waals surface area contributed by atoms with Crippen LogP contribution in [0.25, 0.3) is 0 Å². The lowest BCUT2D eigenvalue weighted by molar-refractivity contribution is 0.268. The van der Waals surface area contributed by atoms with Gasteiger partial charge in [0.25, 0.3) is 0 Å². The summed E-state index contributed by atoms with van der Waals surface area (Å²) in [6.07, 6.45) is 8.71. The molecule has 0 aliphatic heterocycles. The quantitative estimate of drug-likeness (QED) is 0.629. The summed E-state index contributed by atoms with van der Waals surface area (Å²) >= 11 is 1.65. The van der Waals surface area contributed by atoms with Gasteiger partial charge in [0.2, 0.25) is 0 Å². The van der Waals surface area contributed by atoms with E-state index in [0.29, 0.717) is 5.54 Å². The second-order valence-electron chi connectivity index (χ2n) is 4.06. The van der Waals surface area contributed by atoms with Crippen LogP contribution in [-0.4, -0.2) is 21.8 Å². The van der Waals surface area contributed by atoms with Crippen LogP contribution in [0.5, 0.6) is 0 Å². The summed E-state index contributed by atoms with van der Waals surface area (Å²) in [5, 5.41) is 4.58. The number of hydrogen-bond donors (Lipinski definition) is 1. The van der Waals surface area contributed by atoms with Crippen LogP contribution in [0.3, 0.4) is 0 Å². The fraction of sp³-hybridized carbons (Fsp3) is 0.636. The van der Waals surface area contributed by atoms with Crippen molar-refractivity contribution in [3.63, 3.8) is 0 Å². The Balaban J connectivity index is 2.09. The van der Waals surface area contributed by atoms with Gasteiger partial charge in [0.15, 0.2) is 0 Å². The van der Waals surface area contributed by atoms with Gasteiger partial charge in [-0.1, -0.05) is 6.92 Å². The molecule has 1 aromatic heterocycles. The zero-order valence-electron chi connectivity index (χ0n) is 9.29. The third-order valence-electron chi connectivity index (χ3n) is 3.23. The minimum absolute atomic E-state index is 0.310. The molecule has 1 aromatic rings. The van der Waals surface area contributed by atoms with Crippen molar-refractivity contribution in [1.82, 2.24) is 9.97 Å². The van der Waals surface area contributed by atoms with Crippen molar-refractivity contribution in [1.29, 1.82) is 0 Å². The van der Waals surface area contributed by atoms with Crippen LogP contribution in [0.15, 0.2) is 17.4 Å². The zero-order valence-corrected chi connectivity index (χ0v) is 10.1. The number of anilines is 1. The molecule has 0 aromatic carbocycles. The first kappa shape index (κ1) is 10.7. The predicted molar refractivity (Wildman–Crippen MR) is 64.3 cm³/mol. The SMILES string of the molecule is CCC1(Nc2cc(SC)ncn2)CCC1. The molecule has 82 valence electrons. The molecule has 0 saturated heterocycles. The van der Waals surface area contributed by atoms with Crippen molar-refractivity contribution >= 4 is 17.6 Å². The van der Waals surface area contributed by atoms with E-state index in [2.05, 4.69) is 22.2 Å². The topological polar surface area (TPSA) is 37.8 Å². The van der Waals surface area contributed by atoms with Crippen molar-refractivity contribution in [2.24, 2.45) is 0 Å². The van der Waals surface area contributed by atoms with E-state index in [1.54, 1.807) is 18.1 Å². The van der Waals surface area contributed by atoms with Crippen LogP contribution in [0.4, 0.5) is 5.82 Å². The highest BCUT2D eigenvalue weighted by molar-refractivity contribution is 7.98. The lowest BCUT2D eigenvalue weighted by atomic mass is 9.75. The third-order valence-corrected chi connectivity index (χ3v) is 3.87. The predicted octanol–water partition coefficient (Wildman–Crippen LogP) is 2.94. The molecule has 0 spiro atoms. The van der Waals surface area contributed by atoms with E-state index >= 15 is 0 Å². The summed E-state index contributed by atoms with van der Waals surface area (Å²) in [7, 11) is 0. The Morgan fingerprint density at radius 1 is 1.47 bits per heavy atom. The van der Waals surface area contributed by atoms with Gasteiger partial charge < -0.3 is 5.32 Å². The molecule has 15 heavy (non-hydrogen) atoms. The average Bonchev–Trinajstić information content (AvgIpc) is 2.24. The molecule has 0 radical (unpaired) electrons. The minimum atomic E-state index is 0.310. The lowest BCUT2D eigenvalue weighted by Crippen LogP contribution is -2.44. The Morgan fingerprint density at radius 3 is 2.80 bits per heavy atom. The van der Waals surface area contributed by atoms with Gasteiger partial charge in [-0.05, 0) is 31.9 Å². The second-order valence-corrected chi connectivity index (χ2v) is 4.88. The van der Waals surface area contributed by atoms with Crippen LogP contribution in [-0.2, 0) is 0 Å². The normalized spacial score (nSPS) is 18.3. The Hall–Kier alpha value is -0.770. The zero-order chi connectivity index (χ0) is 10.7. The van der Waals surface area contributed by atoms with Gasteiger partial charge in [0, 0.05) is 11.6 Å². The summed E-state index contributed by atoms with van der Waals surface area (Å²) in [4.78, 5) is 8.44. The maximum absolute atomic E-state index is 4.27. The molecular weight excluding hydrogens is 206 g/mol. The summed E-state index contributed by atoms with van der Waals surface area (Å²) < 4.78 is 0. The molecule has 1 heterocycles. The number of aromatic nitrogens is 2. The van der Waals surface area contributed by atoms with Gasteiger partial charge in [-0.3, -0.25) is 0 Å². The third kappa shape index (κ3) is 2.25. The van der Waals surface area contributed by atoms with Gasteiger partial charge in [-0.15, -0.1) is 11.8 Å². The largest absolute Gasteiger partial charge is 0.365 e. The summed E-state index contributed by atoms with van der Waals surface area (Å²) in [6, 6.07) is 2.03. The van der Waals surface area contributed by atoms with Crippen LogP contribution < -0.4 is 5.32 Å². The van der Waals surface area contributed by atoms with Gasteiger partial charge >= 0.3 is 0 Å². The Bertz CT molecular complexity index is 331. The maximum Gasteiger partial charge on any atom is 0.130 e. The smallest absolute Gasteiger partial charge is 0.130 e. The first-order chi connectivity index (χ1) is 7.28. The fourth-order valence-electron chi connectivity index (χ4n) is 1.96. The van der Waals surface area contributed by atoms with Crippen molar-refractivity contribution in [3.05, 3.63) is 12.4 Å². The Kier molecular flexibility index (Phi) is 3.14. The van der Waals surface area contributed by atoms with E-state index in [4.69, 9.17) is 0 Å². The van der Waals surface area contributed by atoms with Crippen LogP contribution >= 0.6 is 11.8 Å². The van der Waals surface area contributed by atoms with Crippen LogP contribution in [0.2, 0.25) is 0 Å². The maximum atomic E-state index is 4.27. The number of rotatable bonds is 4. The number of thioether (sulfide) groups is 1. The number of nitrogens with zero attached hydrogens (tertiary/aromatic N) is 2. The van der Waals surface area contributed by atoms with E-state index in [-0.39, 0.29) is 0 Å². The first-order valence-corrected chi connectivity index (χ1v) is 6.65. The molecule has 0 bridgehead atoms. The first-order valence-electron chi connectivity index (χ1n) is 5.42. The van der Waals surface area contributed by atoms with Crippen molar-refractivity contribution in [2.45, 2.75) is 43.2 Å². The molecule has 1 aliphatic rings. The minimum Gasteiger partial charge on any atom is -0.365 e. The van der Waals surface area contributed by atoms with Gasteiger partial charge in [0.1, 0.15) is 17.2 Å². The van der Waals surface area contributed by atoms with E-state index in [9.17, 15) is 0 Å². The molecule has 4 heteroatoms. The van der Waals surface area contributed by atoms with Crippen LogP contribution in [0, 0.1) is 0 Å². The van der Waals surface area contributed by atoms with Crippen molar-refractivity contribution in [2.75, 3.05) is 11.6 Å². The van der Waals surface area contributed by atoms with E-state index < -0.39 is 0 Å². The van der Waals surface area contributed by atoms with Crippen LogP contribution in [0.1, 0.15) is 32.6 Å². The molecule has 0 amide bonds. The molecule has 0 unspecified atom stereocenters. The number of nitrogens with one attached hydrogen (secondary N) is 1. The molecule has 2 rings (SSSR count). The average molecular weight is 223 g/mol. The summed E-state index contributed by atoms with van der Waals surface area (Å²) in [5.74, 6) is 0.968. The van der Waals surface area contributed by atoms with E-state index in [1.165, 1.54) is 25.7 Å². The summed E-state index contributed by atoms with van der Waals surface area (Å²) in [5.41, 5.74) is 0.310. The van der Waals surface area contributed by atoms with Crippen molar-refractivity contribution in [3.8, 4) is 0 Å². The van der Waals surface area contributed by atoms with E-state index in [1.807, 2.05) is 12.3 Å². The standard InChI is InChI=1S/C11H17N3S/c1-3-11(5-4-6-11)14-9-7-10(15-2)13-8-12-9/h7-8H,3-6H2,1-2H3,(H,12,13,14). The van der Waals surface area contributed by atoms with Gasteiger partial charge in [0.05, 0.1) is 0 Å². The highest BCUT2D eigenvalue weighted by Gasteiger charge is 2.35. The molecule has 0 atom stereocenters. The van der Waals surface area contributed by atoms with Gasteiger partial charge in [-0.25, -0.2) is 9.97 Å². The van der Waals surface area contributed by atoms with E-state index in [0.717, 1.165) is 10.8 Å². The highest BCUT2D eigenvalue weighted by atomic mass is 32.2. The molecule has 1 saturated carbocycles. The Morgan fingerprint density at radius 2 is 2.27 bits per heavy atom. The molecular formula is C11H17N3S. The van der Waals surface area contributed by atoms with Crippen molar-refractivity contribution < 1.29 is 0 Å². The molecule has 3 nitrogen and oxygen atoms in total. The van der Waals surface area contributed by atoms with Gasteiger partial charge in [-0.2, -0.15) is 0 Å². The fourth-order valence-corrected chi connectivity index (χ4v) is 2.34.